The van der Waals surface area contributed by atoms with Crippen LogP contribution in [0.1, 0.15) is 43.2 Å². The third kappa shape index (κ3) is 3.81. The summed E-state index contributed by atoms with van der Waals surface area (Å²) >= 11 is 0. The molecule has 1 fully saturated rings. The van der Waals surface area contributed by atoms with Gasteiger partial charge in [-0.1, -0.05) is 6.07 Å². The highest BCUT2D eigenvalue weighted by Gasteiger charge is 2.72. The van der Waals surface area contributed by atoms with E-state index in [0.29, 0.717) is 30.9 Å². The molecule has 0 amide bonds. The number of likely N-dealkylation sites (N-methyl/N-ethyl adjacent to an activating group) is 1. The fourth-order valence-electron chi connectivity index (χ4n) is 6.53. The summed E-state index contributed by atoms with van der Waals surface area (Å²) in [6, 6.07) is 3.55. The largest absolute Gasteiger partial charge is 0.493 e. The van der Waals surface area contributed by atoms with E-state index in [1.165, 1.54) is 7.11 Å². The van der Waals surface area contributed by atoms with Crippen LogP contribution < -0.4 is 9.47 Å². The highest BCUT2D eigenvalue weighted by Crippen LogP contribution is 2.65. The van der Waals surface area contributed by atoms with Crippen LogP contribution >= 0.6 is 0 Å². The van der Waals surface area contributed by atoms with Crippen LogP contribution in [0.4, 0.5) is 0 Å². The molecule has 2 bridgehead atoms. The minimum absolute atomic E-state index is 0.0889. The van der Waals surface area contributed by atoms with Gasteiger partial charge in [-0.2, -0.15) is 0 Å². The van der Waals surface area contributed by atoms with E-state index >= 15 is 0 Å². The van der Waals surface area contributed by atoms with Crippen LogP contribution in [0, 0.1) is 0 Å². The van der Waals surface area contributed by atoms with Gasteiger partial charge in [-0.15, -0.1) is 0 Å². The first-order valence-corrected chi connectivity index (χ1v) is 12.4. The summed E-state index contributed by atoms with van der Waals surface area (Å²) in [6.07, 6.45) is -1.79. The lowest BCUT2D eigenvalue weighted by Crippen LogP contribution is -2.74. The Morgan fingerprint density at radius 1 is 1.18 bits per heavy atom. The van der Waals surface area contributed by atoms with Crippen LogP contribution in [0.2, 0.25) is 0 Å². The number of benzene rings is 1. The van der Waals surface area contributed by atoms with Crippen LogP contribution in [0.3, 0.4) is 0 Å². The quantitative estimate of drug-likeness (QED) is 0.383. The second kappa shape index (κ2) is 9.28. The number of likely N-dealkylation sites (tertiary alicyclic amines) is 1. The number of piperidine rings is 1. The summed E-state index contributed by atoms with van der Waals surface area (Å²) in [7, 11) is 3.48. The minimum Gasteiger partial charge on any atom is -0.493 e. The third-order valence-corrected chi connectivity index (χ3v) is 8.22. The van der Waals surface area contributed by atoms with Crippen LogP contribution in [-0.4, -0.2) is 88.6 Å². The molecule has 0 radical (unpaired) electrons. The molecular formula is C26H29NO11. The monoisotopic (exact) mass is 531 g/mol. The van der Waals surface area contributed by atoms with E-state index in [1.807, 2.05) is 13.1 Å². The molecule has 4 aliphatic rings. The maximum absolute atomic E-state index is 13.1. The highest BCUT2D eigenvalue weighted by atomic mass is 16.6. The summed E-state index contributed by atoms with van der Waals surface area (Å²) in [5.74, 6) is -3.77. The smallest absolute Gasteiger partial charge is 0.353 e. The minimum atomic E-state index is -1.79. The molecule has 2 aliphatic heterocycles. The number of ether oxygens (including phenoxy) is 4. The lowest BCUT2D eigenvalue weighted by Gasteiger charge is -2.61. The number of carboxylic acids is 2. The standard InChI is InChI=1S/C26H29NO11/c1-27-10-9-25-21-13-3-4-14(35-2)22(21)38-23(25)15(7-8-26(25,34)17(27)11-13)37-24(33)16(12-19(30)31)36-20(32)6-5-18(28)29/h3-4,7,16-17,23,34H,5-6,8-12H2,1-2H3,(H,28,29)(H,30,31)/t16?,17-,23+,25+,26-/m1/s1. The maximum atomic E-state index is 13.1. The molecule has 204 valence electrons. The molecule has 1 aromatic carbocycles. The Balaban J connectivity index is 1.48. The molecule has 1 aromatic rings. The van der Waals surface area contributed by atoms with Crippen LogP contribution in [0.5, 0.6) is 11.5 Å². The van der Waals surface area contributed by atoms with Crippen LogP contribution in [0.15, 0.2) is 24.0 Å². The molecular weight excluding hydrogens is 502 g/mol. The molecule has 1 saturated heterocycles. The van der Waals surface area contributed by atoms with Crippen molar-refractivity contribution in [2.45, 2.75) is 67.8 Å². The highest BCUT2D eigenvalue weighted by molar-refractivity contribution is 5.85. The Kier molecular flexibility index (Phi) is 6.35. The predicted octanol–water partition coefficient (Wildman–Crippen LogP) is 0.767. The zero-order valence-electron chi connectivity index (χ0n) is 21.0. The van der Waals surface area contributed by atoms with E-state index in [2.05, 4.69) is 4.90 Å². The molecule has 2 aliphatic carbocycles. The van der Waals surface area contributed by atoms with Crippen molar-refractivity contribution >= 4 is 23.9 Å². The fourth-order valence-corrected chi connectivity index (χ4v) is 6.53. The van der Waals surface area contributed by atoms with Crippen molar-refractivity contribution in [2.24, 2.45) is 0 Å². The van der Waals surface area contributed by atoms with Gasteiger partial charge in [0.15, 0.2) is 17.6 Å². The number of carbonyl (C=O) groups is 4. The number of rotatable bonds is 9. The van der Waals surface area contributed by atoms with Gasteiger partial charge in [-0.25, -0.2) is 4.79 Å². The summed E-state index contributed by atoms with van der Waals surface area (Å²) in [4.78, 5) is 49.4. The molecule has 38 heavy (non-hydrogen) atoms. The zero-order chi connectivity index (χ0) is 27.4. The van der Waals surface area contributed by atoms with Crippen molar-refractivity contribution in [2.75, 3.05) is 20.7 Å². The van der Waals surface area contributed by atoms with E-state index in [-0.39, 0.29) is 18.2 Å². The Bertz CT molecular complexity index is 1240. The molecule has 0 saturated carbocycles. The van der Waals surface area contributed by atoms with Crippen LogP contribution in [-0.2, 0) is 40.5 Å². The van der Waals surface area contributed by atoms with E-state index in [4.69, 9.17) is 24.1 Å². The number of methoxy groups -OCH3 is 1. The van der Waals surface area contributed by atoms with Gasteiger partial charge < -0.3 is 39.2 Å². The van der Waals surface area contributed by atoms with Gasteiger partial charge in [0.05, 0.1) is 37.4 Å². The number of aliphatic carboxylic acids is 2. The van der Waals surface area contributed by atoms with Gasteiger partial charge in [0.1, 0.15) is 5.76 Å². The molecule has 1 spiro atoms. The normalized spacial score (nSPS) is 29.3. The van der Waals surface area contributed by atoms with Gasteiger partial charge >= 0.3 is 23.9 Å². The average Bonchev–Trinajstić information content (AvgIpc) is 3.21. The van der Waals surface area contributed by atoms with E-state index in [9.17, 15) is 29.4 Å². The Labute approximate surface area is 217 Å². The number of carboxylic acid groups (broad SMARTS) is 2. The van der Waals surface area contributed by atoms with Crippen molar-refractivity contribution in [3.8, 4) is 11.5 Å². The number of aliphatic hydroxyl groups is 1. The number of hydrogen-bond donors (Lipinski definition) is 3. The second-order valence-electron chi connectivity index (χ2n) is 10.2. The van der Waals surface area contributed by atoms with Gasteiger partial charge in [0, 0.05) is 18.0 Å². The Hall–Kier alpha value is -3.64. The van der Waals surface area contributed by atoms with Crippen molar-refractivity contribution in [3.05, 3.63) is 35.1 Å². The lowest BCUT2D eigenvalue weighted by atomic mass is 9.50. The second-order valence-corrected chi connectivity index (χ2v) is 10.2. The van der Waals surface area contributed by atoms with Crippen LogP contribution in [0.25, 0.3) is 0 Å². The molecule has 1 unspecified atom stereocenters. The first-order chi connectivity index (χ1) is 18.0. The number of esters is 2. The fraction of sp³-hybridized carbons (Fsp3) is 0.538. The van der Waals surface area contributed by atoms with Crippen molar-refractivity contribution in [1.82, 2.24) is 4.90 Å². The first-order valence-electron chi connectivity index (χ1n) is 12.4. The molecule has 3 N–H and O–H groups in total. The van der Waals surface area contributed by atoms with Gasteiger partial charge in [-0.3, -0.25) is 14.4 Å². The predicted molar refractivity (Wildman–Crippen MR) is 127 cm³/mol. The molecule has 0 aromatic heterocycles. The number of carbonyl (C=O) groups excluding carboxylic acids is 2. The van der Waals surface area contributed by atoms with E-state index in [1.54, 1.807) is 12.1 Å². The first kappa shape index (κ1) is 26.0. The Morgan fingerprint density at radius 2 is 1.95 bits per heavy atom. The van der Waals surface area contributed by atoms with Gasteiger partial charge in [0.25, 0.3) is 0 Å². The Morgan fingerprint density at radius 3 is 2.63 bits per heavy atom. The van der Waals surface area contributed by atoms with Crippen molar-refractivity contribution in [3.63, 3.8) is 0 Å². The lowest BCUT2D eigenvalue weighted by molar-refractivity contribution is -0.177. The molecule has 12 heteroatoms. The molecule has 12 nitrogen and oxygen atoms in total. The average molecular weight is 532 g/mol. The zero-order valence-corrected chi connectivity index (χ0v) is 21.0. The number of nitrogens with zero attached hydrogens (tertiary/aromatic N) is 1. The van der Waals surface area contributed by atoms with Crippen molar-refractivity contribution < 1.29 is 53.4 Å². The van der Waals surface area contributed by atoms with Crippen molar-refractivity contribution in [1.29, 1.82) is 0 Å². The topological polar surface area (TPSA) is 169 Å². The molecule has 5 atom stereocenters. The number of hydrogen-bond acceptors (Lipinski definition) is 10. The van der Waals surface area contributed by atoms with E-state index in [0.717, 1.165) is 11.1 Å². The molecule has 5 rings (SSSR count). The summed E-state index contributed by atoms with van der Waals surface area (Å²) in [6.45, 7) is 0.660. The third-order valence-electron chi connectivity index (χ3n) is 8.22. The van der Waals surface area contributed by atoms with Gasteiger partial charge in [-0.05, 0) is 44.1 Å². The van der Waals surface area contributed by atoms with E-state index < -0.39 is 66.4 Å². The maximum Gasteiger partial charge on any atom is 0.353 e. The SMILES string of the molecule is COc1ccc2c3c1O[C@H]1C(OC(=O)C(CC(=O)O)OC(=O)CCC(=O)O)=CC[C@@]4(O)[C@@H](C2)N(C)CC[C@]314. The summed E-state index contributed by atoms with van der Waals surface area (Å²) < 4.78 is 22.6. The summed E-state index contributed by atoms with van der Waals surface area (Å²) in [5.41, 5.74) is -0.327. The van der Waals surface area contributed by atoms with Gasteiger partial charge in [0.2, 0.25) is 6.10 Å². The molecule has 2 heterocycles. The summed E-state index contributed by atoms with van der Waals surface area (Å²) in [5, 5.41) is 30.2.